The molecule has 2 rings (SSSR count). The summed E-state index contributed by atoms with van der Waals surface area (Å²) in [7, 11) is 0. The summed E-state index contributed by atoms with van der Waals surface area (Å²) in [6.07, 6.45) is 6.84. The Kier molecular flexibility index (Phi) is 5.60. The number of nitrogens with one attached hydrogen (secondary N) is 1. The highest BCUT2D eigenvalue weighted by Crippen LogP contribution is 2.25. The van der Waals surface area contributed by atoms with Gasteiger partial charge in [0.2, 0.25) is 5.88 Å². The minimum Gasteiger partial charge on any atom is -0.477 e. The molecule has 3 nitrogen and oxygen atoms in total. The van der Waals surface area contributed by atoms with Crippen molar-refractivity contribution in [2.24, 2.45) is 11.8 Å². The highest BCUT2D eigenvalue weighted by molar-refractivity contribution is 5.24. The van der Waals surface area contributed by atoms with Crippen molar-refractivity contribution < 1.29 is 4.74 Å². The highest BCUT2D eigenvalue weighted by atomic mass is 16.5. The zero-order chi connectivity index (χ0) is 14.4. The van der Waals surface area contributed by atoms with Crippen LogP contribution in [0.4, 0.5) is 0 Å². The monoisotopic (exact) mass is 274 g/mol. The lowest BCUT2D eigenvalue weighted by Gasteiger charge is -2.25. The van der Waals surface area contributed by atoms with Crippen LogP contribution >= 0.6 is 0 Å². The summed E-state index contributed by atoms with van der Waals surface area (Å²) >= 11 is 0. The molecule has 0 aliphatic heterocycles. The van der Waals surface area contributed by atoms with Gasteiger partial charge in [0.25, 0.3) is 0 Å². The number of nitrogens with zero attached hydrogens (tertiary/aromatic N) is 1. The van der Waals surface area contributed by atoms with Crippen LogP contribution in [0, 0.1) is 18.8 Å². The molecule has 1 N–H and O–H groups in total. The third-order valence-corrected chi connectivity index (χ3v) is 4.10. The zero-order valence-electron chi connectivity index (χ0n) is 12.9. The van der Waals surface area contributed by atoms with Gasteiger partial charge in [0.1, 0.15) is 0 Å². The van der Waals surface area contributed by atoms with Crippen LogP contribution < -0.4 is 10.1 Å². The molecule has 0 radical (unpaired) electrons. The molecule has 0 saturated carbocycles. The Morgan fingerprint density at radius 3 is 2.80 bits per heavy atom. The summed E-state index contributed by atoms with van der Waals surface area (Å²) in [5.74, 6) is 2.07. The summed E-state index contributed by atoms with van der Waals surface area (Å²) in [6.45, 7) is 9.08. The van der Waals surface area contributed by atoms with E-state index in [1.807, 2.05) is 13.0 Å². The molecule has 1 aliphatic rings. The first-order valence-corrected chi connectivity index (χ1v) is 7.65. The molecule has 0 amide bonds. The molecule has 2 unspecified atom stereocenters. The fourth-order valence-corrected chi connectivity index (χ4v) is 2.53. The van der Waals surface area contributed by atoms with E-state index in [-0.39, 0.29) is 0 Å². The van der Waals surface area contributed by atoms with Crippen molar-refractivity contribution in [1.29, 1.82) is 0 Å². The standard InChI is InChI=1S/C17H26N2O/c1-4-18-11-15-9-10-17(19-14(15)3)20-12-16-8-6-5-7-13(16)2/h5-6,9-10,13,16,18H,4,7-8,11-12H2,1-3H3. The Morgan fingerprint density at radius 1 is 1.30 bits per heavy atom. The second-order valence-corrected chi connectivity index (χ2v) is 5.67. The van der Waals surface area contributed by atoms with Crippen molar-refractivity contribution in [3.8, 4) is 5.88 Å². The maximum atomic E-state index is 5.89. The van der Waals surface area contributed by atoms with Crippen molar-refractivity contribution >= 4 is 0 Å². The number of pyridine rings is 1. The van der Waals surface area contributed by atoms with Crippen LogP contribution in [0.5, 0.6) is 5.88 Å². The van der Waals surface area contributed by atoms with Crippen LogP contribution in [0.1, 0.15) is 37.9 Å². The smallest absolute Gasteiger partial charge is 0.213 e. The lowest BCUT2D eigenvalue weighted by atomic mass is 9.85. The number of allylic oxidation sites excluding steroid dienone is 2. The molecule has 1 heterocycles. The Hall–Kier alpha value is -1.35. The number of aryl methyl sites for hydroxylation is 1. The topological polar surface area (TPSA) is 34.1 Å². The van der Waals surface area contributed by atoms with E-state index in [4.69, 9.17) is 4.74 Å². The Labute approximate surface area is 122 Å². The van der Waals surface area contributed by atoms with E-state index in [1.165, 1.54) is 12.0 Å². The van der Waals surface area contributed by atoms with Crippen molar-refractivity contribution in [1.82, 2.24) is 10.3 Å². The number of aromatic nitrogens is 1. The van der Waals surface area contributed by atoms with Gasteiger partial charge in [-0.15, -0.1) is 0 Å². The predicted octanol–water partition coefficient (Wildman–Crippen LogP) is 3.48. The van der Waals surface area contributed by atoms with E-state index in [2.05, 4.69) is 42.4 Å². The van der Waals surface area contributed by atoms with Gasteiger partial charge >= 0.3 is 0 Å². The Balaban J connectivity index is 1.90. The molecule has 2 atom stereocenters. The van der Waals surface area contributed by atoms with Crippen LogP contribution in [-0.4, -0.2) is 18.1 Å². The largest absolute Gasteiger partial charge is 0.477 e. The van der Waals surface area contributed by atoms with E-state index >= 15 is 0 Å². The first kappa shape index (κ1) is 15.0. The average molecular weight is 274 g/mol. The fourth-order valence-electron chi connectivity index (χ4n) is 2.53. The number of rotatable bonds is 6. The number of hydrogen-bond donors (Lipinski definition) is 1. The molecule has 3 heteroatoms. The number of hydrogen-bond acceptors (Lipinski definition) is 3. The van der Waals surface area contributed by atoms with Crippen molar-refractivity contribution in [3.05, 3.63) is 35.5 Å². The van der Waals surface area contributed by atoms with Crippen LogP contribution in [0.25, 0.3) is 0 Å². The summed E-state index contributed by atoms with van der Waals surface area (Å²) in [4.78, 5) is 4.56. The zero-order valence-corrected chi connectivity index (χ0v) is 12.9. The number of ether oxygens (including phenoxy) is 1. The van der Waals surface area contributed by atoms with Crippen molar-refractivity contribution in [2.75, 3.05) is 13.2 Å². The average Bonchev–Trinajstić information content (AvgIpc) is 2.45. The fraction of sp³-hybridized carbons (Fsp3) is 0.588. The molecule has 0 fully saturated rings. The molecule has 0 aromatic carbocycles. The molecule has 0 saturated heterocycles. The maximum absolute atomic E-state index is 5.89. The van der Waals surface area contributed by atoms with E-state index in [1.54, 1.807) is 0 Å². The lowest BCUT2D eigenvalue weighted by molar-refractivity contribution is 0.192. The maximum Gasteiger partial charge on any atom is 0.213 e. The van der Waals surface area contributed by atoms with Crippen molar-refractivity contribution in [2.45, 2.75) is 40.2 Å². The predicted molar refractivity (Wildman–Crippen MR) is 82.9 cm³/mol. The summed E-state index contributed by atoms with van der Waals surface area (Å²) < 4.78 is 5.89. The molecule has 1 aliphatic carbocycles. The third-order valence-electron chi connectivity index (χ3n) is 4.10. The Bertz CT molecular complexity index is 456. The van der Waals surface area contributed by atoms with Crippen LogP contribution in [-0.2, 0) is 6.54 Å². The SMILES string of the molecule is CCNCc1ccc(OCC2CC=CCC2C)nc1C. The molecule has 110 valence electrons. The van der Waals surface area contributed by atoms with Gasteiger partial charge in [0.15, 0.2) is 0 Å². The molecular formula is C17H26N2O. The van der Waals surface area contributed by atoms with Gasteiger partial charge in [0, 0.05) is 18.3 Å². The van der Waals surface area contributed by atoms with Gasteiger partial charge < -0.3 is 10.1 Å². The van der Waals surface area contributed by atoms with Gasteiger partial charge in [0.05, 0.1) is 6.61 Å². The molecule has 0 spiro atoms. The Morgan fingerprint density at radius 2 is 2.10 bits per heavy atom. The first-order chi connectivity index (χ1) is 9.70. The second-order valence-electron chi connectivity index (χ2n) is 5.67. The van der Waals surface area contributed by atoms with Gasteiger partial charge in [-0.2, -0.15) is 0 Å². The molecule has 0 bridgehead atoms. The minimum atomic E-state index is 0.614. The normalized spacial score (nSPS) is 21.9. The van der Waals surface area contributed by atoms with Crippen LogP contribution in [0.15, 0.2) is 24.3 Å². The van der Waals surface area contributed by atoms with Crippen molar-refractivity contribution in [3.63, 3.8) is 0 Å². The van der Waals surface area contributed by atoms with Gasteiger partial charge in [-0.05, 0) is 43.7 Å². The molecule has 1 aromatic rings. The minimum absolute atomic E-state index is 0.614. The molecule has 1 aromatic heterocycles. The first-order valence-electron chi connectivity index (χ1n) is 7.65. The lowest BCUT2D eigenvalue weighted by Crippen LogP contribution is -2.21. The van der Waals surface area contributed by atoms with Crippen LogP contribution in [0.3, 0.4) is 0 Å². The van der Waals surface area contributed by atoms with E-state index < -0.39 is 0 Å². The second kappa shape index (κ2) is 7.44. The quantitative estimate of drug-likeness (QED) is 0.806. The van der Waals surface area contributed by atoms with Gasteiger partial charge in [-0.25, -0.2) is 4.98 Å². The summed E-state index contributed by atoms with van der Waals surface area (Å²) in [6, 6.07) is 4.10. The molecular weight excluding hydrogens is 248 g/mol. The van der Waals surface area contributed by atoms with E-state index in [0.29, 0.717) is 11.8 Å². The van der Waals surface area contributed by atoms with Gasteiger partial charge in [-0.1, -0.05) is 32.1 Å². The van der Waals surface area contributed by atoms with E-state index in [0.717, 1.165) is 37.7 Å². The van der Waals surface area contributed by atoms with Gasteiger partial charge in [-0.3, -0.25) is 0 Å². The van der Waals surface area contributed by atoms with Crippen LogP contribution in [0.2, 0.25) is 0 Å². The summed E-state index contributed by atoms with van der Waals surface area (Å²) in [5, 5.41) is 3.33. The van der Waals surface area contributed by atoms with E-state index in [9.17, 15) is 0 Å². The highest BCUT2D eigenvalue weighted by Gasteiger charge is 2.19. The summed E-state index contributed by atoms with van der Waals surface area (Å²) in [5.41, 5.74) is 2.30. The third kappa shape index (κ3) is 4.07. The molecule has 20 heavy (non-hydrogen) atoms.